The number of rotatable bonds is 4. The molecule has 1 amide bonds. The van der Waals surface area contributed by atoms with Crippen LogP contribution in [-0.2, 0) is 4.74 Å². The number of esters is 1. The van der Waals surface area contributed by atoms with E-state index in [0.29, 0.717) is 29.0 Å². The summed E-state index contributed by atoms with van der Waals surface area (Å²) < 4.78 is 10.1. The number of nitrogens with zero attached hydrogens (tertiary/aromatic N) is 1. The third-order valence-corrected chi connectivity index (χ3v) is 4.81. The summed E-state index contributed by atoms with van der Waals surface area (Å²) in [6, 6.07) is 12.7. The zero-order valence-electron chi connectivity index (χ0n) is 16.2. The van der Waals surface area contributed by atoms with Gasteiger partial charge in [-0.3, -0.25) is 4.79 Å². The van der Waals surface area contributed by atoms with E-state index in [0.717, 1.165) is 18.7 Å². The molecule has 1 atom stereocenters. The van der Waals surface area contributed by atoms with Gasteiger partial charge in [0.2, 0.25) is 0 Å². The van der Waals surface area contributed by atoms with Crippen LogP contribution < -0.4 is 10.1 Å². The van der Waals surface area contributed by atoms with E-state index in [4.69, 9.17) is 9.47 Å². The lowest BCUT2D eigenvalue weighted by atomic mass is 9.97. The molecule has 0 saturated carbocycles. The van der Waals surface area contributed by atoms with Gasteiger partial charge in [-0.05, 0) is 48.4 Å². The van der Waals surface area contributed by atoms with E-state index < -0.39 is 5.97 Å². The van der Waals surface area contributed by atoms with Crippen LogP contribution in [0, 0.1) is 0 Å². The summed E-state index contributed by atoms with van der Waals surface area (Å²) >= 11 is 0. The van der Waals surface area contributed by atoms with Crippen LogP contribution in [0.25, 0.3) is 11.1 Å². The summed E-state index contributed by atoms with van der Waals surface area (Å²) in [6.45, 7) is 4.30. The topological polar surface area (TPSA) is 67.9 Å². The Morgan fingerprint density at radius 3 is 2.61 bits per heavy atom. The van der Waals surface area contributed by atoms with E-state index in [-0.39, 0.29) is 24.4 Å². The summed E-state index contributed by atoms with van der Waals surface area (Å²) in [7, 11) is 2.89. The number of benzene rings is 2. The first kappa shape index (κ1) is 21.7. The predicted octanol–water partition coefficient (Wildman–Crippen LogP) is 3.00. The zero-order valence-corrected chi connectivity index (χ0v) is 17.0. The van der Waals surface area contributed by atoms with Crippen LogP contribution in [0.5, 0.6) is 5.75 Å². The Hall–Kier alpha value is -2.57. The van der Waals surface area contributed by atoms with E-state index >= 15 is 0 Å². The third kappa shape index (κ3) is 4.46. The van der Waals surface area contributed by atoms with Gasteiger partial charge in [-0.1, -0.05) is 12.1 Å². The largest absolute Gasteiger partial charge is 0.497 e. The van der Waals surface area contributed by atoms with Crippen molar-refractivity contribution in [2.24, 2.45) is 0 Å². The number of ether oxygens (including phenoxy) is 2. The first-order chi connectivity index (χ1) is 13.0. The van der Waals surface area contributed by atoms with E-state index in [1.807, 2.05) is 42.2 Å². The van der Waals surface area contributed by atoms with Crippen LogP contribution in [0.2, 0.25) is 0 Å². The normalized spacial score (nSPS) is 16.1. The second kappa shape index (κ2) is 9.57. The van der Waals surface area contributed by atoms with E-state index in [1.165, 1.54) is 7.11 Å². The number of methoxy groups -OCH3 is 2. The van der Waals surface area contributed by atoms with Crippen molar-refractivity contribution in [1.29, 1.82) is 0 Å². The molecule has 0 aliphatic carbocycles. The highest BCUT2D eigenvalue weighted by molar-refractivity contribution is 6.00. The Balaban J connectivity index is 0.00000280. The molecular formula is C21H25ClN2O4. The summed E-state index contributed by atoms with van der Waals surface area (Å²) in [6.07, 6.45) is 0. The van der Waals surface area contributed by atoms with Crippen molar-refractivity contribution in [1.82, 2.24) is 10.2 Å². The van der Waals surface area contributed by atoms with Gasteiger partial charge in [0, 0.05) is 31.2 Å². The van der Waals surface area contributed by atoms with Crippen molar-refractivity contribution in [3.05, 3.63) is 53.6 Å². The maximum atomic E-state index is 13.0. The van der Waals surface area contributed by atoms with Gasteiger partial charge >= 0.3 is 5.97 Å². The maximum absolute atomic E-state index is 13.0. The highest BCUT2D eigenvalue weighted by atomic mass is 35.5. The van der Waals surface area contributed by atoms with Crippen LogP contribution in [0.4, 0.5) is 0 Å². The Morgan fingerprint density at radius 1 is 1.14 bits per heavy atom. The standard InChI is InChI=1S/C21H24N2O4.ClH/c1-14-13-22-9-10-23(14)20(24)16-6-4-5-15(11-16)18-8-7-17(26-2)12-19(18)21(25)27-3;/h4-8,11-12,14,22H,9-10,13H2,1-3H3;1H. The second-order valence-electron chi connectivity index (χ2n) is 6.54. The smallest absolute Gasteiger partial charge is 0.338 e. The van der Waals surface area contributed by atoms with E-state index in [1.54, 1.807) is 19.2 Å². The van der Waals surface area contributed by atoms with Crippen molar-refractivity contribution in [2.75, 3.05) is 33.9 Å². The molecule has 2 aromatic rings. The number of carbonyl (C=O) groups is 2. The van der Waals surface area contributed by atoms with Gasteiger partial charge in [0.05, 0.1) is 19.8 Å². The van der Waals surface area contributed by atoms with Crippen molar-refractivity contribution in [3.8, 4) is 16.9 Å². The molecule has 0 bridgehead atoms. The molecule has 1 N–H and O–H groups in total. The number of hydrogen-bond acceptors (Lipinski definition) is 5. The third-order valence-electron chi connectivity index (χ3n) is 4.81. The molecule has 0 aromatic heterocycles. The molecule has 0 spiro atoms. The maximum Gasteiger partial charge on any atom is 0.338 e. The molecule has 1 fully saturated rings. The fraction of sp³-hybridized carbons (Fsp3) is 0.333. The minimum Gasteiger partial charge on any atom is -0.497 e. The first-order valence-electron chi connectivity index (χ1n) is 8.93. The van der Waals surface area contributed by atoms with Gasteiger partial charge in [0.15, 0.2) is 0 Å². The molecule has 3 rings (SSSR count). The lowest BCUT2D eigenvalue weighted by Crippen LogP contribution is -2.52. The molecular weight excluding hydrogens is 380 g/mol. The van der Waals surface area contributed by atoms with Gasteiger partial charge in [-0.25, -0.2) is 4.79 Å². The number of hydrogen-bond donors (Lipinski definition) is 1. The second-order valence-corrected chi connectivity index (χ2v) is 6.54. The van der Waals surface area contributed by atoms with Gasteiger partial charge in [0.25, 0.3) is 5.91 Å². The highest BCUT2D eigenvalue weighted by Crippen LogP contribution is 2.29. The predicted molar refractivity (Wildman–Crippen MR) is 110 cm³/mol. The van der Waals surface area contributed by atoms with Crippen molar-refractivity contribution in [2.45, 2.75) is 13.0 Å². The monoisotopic (exact) mass is 404 g/mol. The van der Waals surface area contributed by atoms with Crippen LogP contribution in [0.1, 0.15) is 27.6 Å². The van der Waals surface area contributed by atoms with Crippen molar-refractivity contribution < 1.29 is 19.1 Å². The lowest BCUT2D eigenvalue weighted by Gasteiger charge is -2.34. The number of nitrogens with one attached hydrogen (secondary N) is 1. The molecule has 28 heavy (non-hydrogen) atoms. The molecule has 7 heteroatoms. The average molecular weight is 405 g/mol. The molecule has 6 nitrogen and oxygen atoms in total. The Kier molecular flexibility index (Phi) is 7.43. The van der Waals surface area contributed by atoms with Crippen LogP contribution in [0.3, 0.4) is 0 Å². The fourth-order valence-electron chi connectivity index (χ4n) is 3.31. The average Bonchev–Trinajstić information content (AvgIpc) is 2.72. The lowest BCUT2D eigenvalue weighted by molar-refractivity contribution is 0.0600. The van der Waals surface area contributed by atoms with E-state index in [9.17, 15) is 9.59 Å². The Labute approximate surface area is 171 Å². The van der Waals surface area contributed by atoms with Gasteiger partial charge in [-0.2, -0.15) is 0 Å². The summed E-state index contributed by atoms with van der Waals surface area (Å²) in [5, 5.41) is 3.29. The quantitative estimate of drug-likeness (QED) is 0.793. The fourth-order valence-corrected chi connectivity index (χ4v) is 3.31. The number of halogens is 1. The first-order valence-corrected chi connectivity index (χ1v) is 8.93. The number of piperazine rings is 1. The zero-order chi connectivity index (χ0) is 19.4. The minimum absolute atomic E-state index is 0. The van der Waals surface area contributed by atoms with Gasteiger partial charge in [0.1, 0.15) is 5.75 Å². The molecule has 1 saturated heterocycles. The van der Waals surface area contributed by atoms with E-state index in [2.05, 4.69) is 5.32 Å². The summed E-state index contributed by atoms with van der Waals surface area (Å²) in [5.41, 5.74) is 2.49. The minimum atomic E-state index is -0.448. The van der Waals surface area contributed by atoms with Gasteiger partial charge < -0.3 is 19.7 Å². The molecule has 0 radical (unpaired) electrons. The Morgan fingerprint density at radius 2 is 1.93 bits per heavy atom. The molecule has 2 aromatic carbocycles. The summed E-state index contributed by atoms with van der Waals surface area (Å²) in [4.78, 5) is 27.1. The highest BCUT2D eigenvalue weighted by Gasteiger charge is 2.24. The van der Waals surface area contributed by atoms with Crippen molar-refractivity contribution in [3.63, 3.8) is 0 Å². The molecule has 150 valence electrons. The molecule has 1 heterocycles. The van der Waals surface area contributed by atoms with Crippen LogP contribution >= 0.6 is 12.4 Å². The SMILES string of the molecule is COC(=O)c1cc(OC)ccc1-c1cccc(C(=O)N2CCNCC2C)c1.Cl. The molecule has 1 unspecified atom stereocenters. The molecule has 1 aliphatic heterocycles. The Bertz CT molecular complexity index is 856. The van der Waals surface area contributed by atoms with Crippen molar-refractivity contribution >= 4 is 24.3 Å². The van der Waals surface area contributed by atoms with Crippen LogP contribution in [0.15, 0.2) is 42.5 Å². The molecule has 1 aliphatic rings. The number of carbonyl (C=O) groups excluding carboxylic acids is 2. The van der Waals surface area contributed by atoms with Gasteiger partial charge in [-0.15, -0.1) is 12.4 Å². The number of amides is 1. The summed E-state index contributed by atoms with van der Waals surface area (Å²) in [5.74, 6) is 0.122. The van der Waals surface area contributed by atoms with Crippen LogP contribution in [-0.4, -0.2) is 56.7 Å².